The third-order valence-corrected chi connectivity index (χ3v) is 14.2. The normalized spacial score (nSPS) is 22.7. The first-order valence-electron chi connectivity index (χ1n) is 25.2. The van der Waals surface area contributed by atoms with Gasteiger partial charge in [0.05, 0.1) is 68.1 Å². The monoisotopic (exact) mass is 1020 g/mol. The number of methoxy groups -OCH3 is 3. The van der Waals surface area contributed by atoms with Gasteiger partial charge >= 0.3 is 12.1 Å². The lowest BCUT2D eigenvalue weighted by Crippen LogP contribution is -2.70. The highest BCUT2D eigenvalue weighted by atomic mass is 19.1. The molecule has 12 atom stereocenters. The quantitative estimate of drug-likeness (QED) is 0.0401. The molecule has 0 N–H and O–H groups in total. The van der Waals surface area contributed by atoms with Crippen LogP contribution in [0.4, 0.5) is 9.18 Å². The summed E-state index contributed by atoms with van der Waals surface area (Å²) in [4.78, 5) is 43.7. The minimum atomic E-state index is -1.52. The first-order chi connectivity index (χ1) is 34.9. The van der Waals surface area contributed by atoms with Crippen LogP contribution in [0.2, 0.25) is 0 Å². The molecule has 2 fully saturated rings. The molecule has 1 aromatic carbocycles. The van der Waals surface area contributed by atoms with E-state index in [1.807, 2.05) is 59.0 Å². The average Bonchev–Trinajstić information content (AvgIpc) is 4.11. The number of amides is 1. The van der Waals surface area contributed by atoms with Crippen LogP contribution in [-0.4, -0.2) is 168 Å². The number of ether oxygens (including phenoxy) is 8. The molecular formula is C53H77FN8O11. The van der Waals surface area contributed by atoms with Gasteiger partial charge in [0.2, 0.25) is 5.72 Å². The molecule has 20 heteroatoms. The van der Waals surface area contributed by atoms with Crippen molar-refractivity contribution in [1.29, 1.82) is 0 Å². The van der Waals surface area contributed by atoms with Crippen molar-refractivity contribution in [2.24, 2.45) is 23.7 Å². The van der Waals surface area contributed by atoms with Crippen LogP contribution < -0.4 is 0 Å². The number of esters is 1. The van der Waals surface area contributed by atoms with Crippen molar-refractivity contribution in [1.82, 2.24) is 39.8 Å². The van der Waals surface area contributed by atoms with E-state index in [1.165, 1.54) is 23.8 Å². The number of benzene rings is 1. The second kappa shape index (κ2) is 27.3. The highest BCUT2D eigenvalue weighted by Gasteiger charge is 2.56. The summed E-state index contributed by atoms with van der Waals surface area (Å²) in [6.07, 6.45) is 15.9. The highest BCUT2D eigenvalue weighted by molar-refractivity contribution is 5.82. The van der Waals surface area contributed by atoms with Crippen molar-refractivity contribution >= 4 is 17.8 Å². The SMILES string of the molecule is C#C[C@@H](C[C@@H](C)C(=O)O[C@H](CC)[C@@]1(C)OC(=O)N1CCOCCOC)[C@@H](O[C@H]1C[C@@H](N(C)CCc2cn([C@H](CF)[C@H](OC)c3ccc(-n4ccnn4)cc3)nn2)C[C@@H](C)O1)[C@@](C#C)(C[C@@H](C)C(=O)C(C)C)OC. The minimum Gasteiger partial charge on any atom is -0.456 e. The van der Waals surface area contributed by atoms with Gasteiger partial charge in [0, 0.05) is 64.8 Å². The molecule has 0 saturated carbocycles. The molecule has 5 rings (SSSR count). The number of cyclic esters (lactones) is 1. The molecule has 402 valence electrons. The van der Waals surface area contributed by atoms with Gasteiger partial charge < -0.3 is 42.8 Å². The molecule has 0 radical (unpaired) electrons. The van der Waals surface area contributed by atoms with E-state index in [0.717, 1.165) is 11.3 Å². The lowest BCUT2D eigenvalue weighted by Gasteiger charge is -2.51. The minimum absolute atomic E-state index is 0.00580. The summed E-state index contributed by atoms with van der Waals surface area (Å²) in [6, 6.07) is 6.67. The number of terminal acetylenes is 2. The number of carbonyl (C=O) groups is 3. The van der Waals surface area contributed by atoms with Crippen molar-refractivity contribution in [3.05, 3.63) is 54.1 Å². The Morgan fingerprint density at radius 1 is 1.05 bits per heavy atom. The van der Waals surface area contributed by atoms with Gasteiger partial charge in [-0.05, 0) is 64.3 Å². The van der Waals surface area contributed by atoms with Gasteiger partial charge in [-0.1, -0.05) is 63.1 Å². The van der Waals surface area contributed by atoms with Gasteiger partial charge in [-0.25, -0.2) is 18.5 Å². The Morgan fingerprint density at radius 2 is 1.79 bits per heavy atom. The second-order valence-corrected chi connectivity index (χ2v) is 19.6. The van der Waals surface area contributed by atoms with E-state index in [9.17, 15) is 18.8 Å². The maximum Gasteiger partial charge on any atom is 0.415 e. The Hall–Kier alpha value is -5.32. The predicted molar refractivity (Wildman–Crippen MR) is 267 cm³/mol. The maximum absolute atomic E-state index is 14.8. The molecule has 0 aliphatic carbocycles. The number of Topliss-reactive ketones (excluding diaryl/α,β-unsaturated/α-hetero) is 1. The van der Waals surface area contributed by atoms with Crippen molar-refractivity contribution in [2.75, 3.05) is 68.0 Å². The lowest BCUT2D eigenvalue weighted by atomic mass is 9.76. The summed E-state index contributed by atoms with van der Waals surface area (Å²) >= 11 is 0. The molecule has 19 nitrogen and oxygen atoms in total. The van der Waals surface area contributed by atoms with E-state index >= 15 is 0 Å². The fraction of sp³-hybridized carbons (Fsp3) is 0.679. The van der Waals surface area contributed by atoms with Crippen LogP contribution in [0.3, 0.4) is 0 Å². The first-order valence-corrected chi connectivity index (χ1v) is 25.2. The molecule has 0 unspecified atom stereocenters. The Balaban J connectivity index is 1.29. The predicted octanol–water partition coefficient (Wildman–Crippen LogP) is 6.21. The smallest absolute Gasteiger partial charge is 0.415 e. The molecule has 2 aliphatic rings. The number of likely N-dealkylation sites (N-methyl/N-ethyl adjacent to an activating group) is 1. The van der Waals surface area contributed by atoms with Crippen molar-refractivity contribution in [2.45, 2.75) is 141 Å². The largest absolute Gasteiger partial charge is 0.456 e. The van der Waals surface area contributed by atoms with E-state index in [1.54, 1.807) is 51.2 Å². The molecular weight excluding hydrogens is 944 g/mol. The molecule has 3 aromatic rings. The zero-order valence-electron chi connectivity index (χ0n) is 44.5. The van der Waals surface area contributed by atoms with E-state index in [-0.39, 0.29) is 49.8 Å². The van der Waals surface area contributed by atoms with Gasteiger partial charge in [-0.2, -0.15) is 0 Å². The molecule has 0 spiro atoms. The third kappa shape index (κ3) is 14.5. The number of hydrogen-bond donors (Lipinski definition) is 0. The van der Waals surface area contributed by atoms with E-state index < -0.39 is 78.5 Å². The fourth-order valence-corrected chi connectivity index (χ4v) is 9.85. The summed E-state index contributed by atoms with van der Waals surface area (Å²) in [6.45, 7) is 13.8. The third-order valence-electron chi connectivity index (χ3n) is 14.2. The van der Waals surface area contributed by atoms with Crippen LogP contribution in [-0.2, 0) is 53.9 Å². The van der Waals surface area contributed by atoms with Gasteiger partial charge in [0.25, 0.3) is 0 Å². The number of ketones is 1. The number of halogens is 1. The van der Waals surface area contributed by atoms with Gasteiger partial charge in [-0.3, -0.25) is 14.5 Å². The van der Waals surface area contributed by atoms with Crippen LogP contribution in [0.15, 0.2) is 42.9 Å². The van der Waals surface area contributed by atoms with Crippen LogP contribution in [0, 0.1) is 48.4 Å². The van der Waals surface area contributed by atoms with Crippen molar-refractivity contribution in [3.63, 3.8) is 0 Å². The van der Waals surface area contributed by atoms with Crippen LogP contribution in [0.5, 0.6) is 0 Å². The Kier molecular flexibility index (Phi) is 21.9. The summed E-state index contributed by atoms with van der Waals surface area (Å²) in [5.74, 6) is 2.71. The Labute approximate surface area is 430 Å². The number of carbonyl (C=O) groups excluding carboxylic acids is 3. The van der Waals surface area contributed by atoms with Gasteiger partial charge in [0.15, 0.2) is 18.0 Å². The topological polar surface area (TPSA) is 193 Å². The van der Waals surface area contributed by atoms with Gasteiger partial charge in [-0.15, -0.1) is 29.0 Å². The van der Waals surface area contributed by atoms with Crippen molar-refractivity contribution in [3.8, 4) is 30.4 Å². The maximum atomic E-state index is 14.8. The summed E-state index contributed by atoms with van der Waals surface area (Å²) in [5, 5.41) is 16.6. The molecule has 73 heavy (non-hydrogen) atoms. The summed E-state index contributed by atoms with van der Waals surface area (Å²) < 4.78 is 65.7. The van der Waals surface area contributed by atoms with Crippen LogP contribution in [0.1, 0.15) is 104 Å². The van der Waals surface area contributed by atoms with E-state index in [0.29, 0.717) is 51.1 Å². The molecule has 2 saturated heterocycles. The molecule has 4 heterocycles. The molecule has 1 amide bonds. The Bertz CT molecular complexity index is 2290. The standard InChI is InChI=1S/C53H77FN8O11/c1-14-39(29-36(6)50(64)71-45(15-2)52(9)60(51(65)73-52)25-26-69-28-27-66-11)49(53(16-3,68-13)32-37(7)47(63)35(4)5)72-46-31-43(30-38(8)70-46)59(10)23-21-41-34-62(58-56-41)44(33-54)48(67-12)40-17-19-42(20-18-40)61-24-22-55-57-61/h1,3,17-20,22,24,34-39,43-46,48-49H,15,21,23,25-33H2,2,4-13H3/t36-,37-,38-,39+,43+,44-,45-,46+,48-,49-,52-,53-/m1/s1. The number of aromatic nitrogens is 6. The Morgan fingerprint density at radius 3 is 2.38 bits per heavy atom. The van der Waals surface area contributed by atoms with Crippen LogP contribution >= 0.6 is 0 Å². The number of rotatable bonds is 31. The van der Waals surface area contributed by atoms with Crippen molar-refractivity contribution < 1.29 is 56.7 Å². The first kappa shape index (κ1) is 58.6. The number of nitrogens with zero attached hydrogens (tertiary/aromatic N) is 8. The van der Waals surface area contributed by atoms with E-state index in [2.05, 4.69) is 37.4 Å². The van der Waals surface area contributed by atoms with Gasteiger partial charge in [0.1, 0.15) is 30.7 Å². The summed E-state index contributed by atoms with van der Waals surface area (Å²) in [7, 11) is 6.59. The zero-order chi connectivity index (χ0) is 53.5. The fourth-order valence-electron chi connectivity index (χ4n) is 9.85. The average molecular weight is 1020 g/mol. The zero-order valence-corrected chi connectivity index (χ0v) is 44.5. The lowest BCUT2D eigenvalue weighted by molar-refractivity contribution is -0.256. The molecule has 0 bridgehead atoms. The molecule has 2 aromatic heterocycles. The summed E-state index contributed by atoms with van der Waals surface area (Å²) in [5.41, 5.74) is -0.482. The number of alkyl halides is 1. The van der Waals surface area contributed by atoms with E-state index in [4.69, 9.17) is 50.7 Å². The highest BCUT2D eigenvalue weighted by Crippen LogP contribution is 2.39. The number of hydrogen-bond acceptors (Lipinski definition) is 16. The second-order valence-electron chi connectivity index (χ2n) is 19.6. The molecule has 2 aliphatic heterocycles. The van der Waals surface area contributed by atoms with Crippen LogP contribution in [0.25, 0.3) is 5.69 Å².